The number of benzene rings is 1. The highest BCUT2D eigenvalue weighted by Crippen LogP contribution is 2.43. The third-order valence-electron chi connectivity index (χ3n) is 4.55. The van der Waals surface area contributed by atoms with Gasteiger partial charge in [0.2, 0.25) is 0 Å². The Hall–Kier alpha value is -3.27. The predicted octanol–water partition coefficient (Wildman–Crippen LogP) is 0.774. The first-order valence-corrected chi connectivity index (χ1v) is 9.35. The van der Waals surface area contributed by atoms with E-state index in [1.165, 1.54) is 45.0 Å². The molecule has 1 unspecified atom stereocenters. The van der Waals surface area contributed by atoms with Crippen LogP contribution in [0.2, 0.25) is 0 Å². The van der Waals surface area contributed by atoms with E-state index < -0.39 is 41.1 Å². The number of hydrogen-bond acceptors (Lipinski definition) is 9. The van der Waals surface area contributed by atoms with Crippen molar-refractivity contribution < 1.29 is 43.0 Å². The van der Waals surface area contributed by atoms with Gasteiger partial charge < -0.3 is 14.2 Å². The smallest absolute Gasteiger partial charge is 0.327 e. The Morgan fingerprint density at radius 1 is 0.933 bits per heavy atom. The second-order valence-corrected chi connectivity index (χ2v) is 6.10. The standard InChI is InChI=1S/C20H23NO9/c1-5-28-16(23)14(17(24)29-6-2)20(19(26)30-7-3)13-11-9-8-10-12(13)15(22)21(27-4)18(20)25/h8-11,14H,5-7H2,1-4H3. The topological polar surface area (TPSA) is 126 Å². The zero-order valence-electron chi connectivity index (χ0n) is 17.1. The normalized spacial score (nSPS) is 18.1. The summed E-state index contributed by atoms with van der Waals surface area (Å²) in [6.45, 7) is 4.08. The van der Waals surface area contributed by atoms with E-state index in [1.807, 2.05) is 0 Å². The molecule has 0 saturated heterocycles. The highest BCUT2D eigenvalue weighted by molar-refractivity contribution is 6.24. The maximum absolute atomic E-state index is 13.5. The number of imide groups is 1. The molecule has 0 fully saturated rings. The Balaban J connectivity index is 2.94. The van der Waals surface area contributed by atoms with Crippen molar-refractivity contribution in [2.45, 2.75) is 26.2 Å². The lowest BCUT2D eigenvalue weighted by molar-refractivity contribution is -0.190. The Morgan fingerprint density at radius 2 is 1.47 bits per heavy atom. The lowest BCUT2D eigenvalue weighted by Crippen LogP contribution is -2.64. The Labute approximate surface area is 173 Å². The van der Waals surface area contributed by atoms with Gasteiger partial charge in [0.25, 0.3) is 11.8 Å². The molecule has 0 spiro atoms. The van der Waals surface area contributed by atoms with Crippen molar-refractivity contribution in [3.8, 4) is 0 Å². The van der Waals surface area contributed by atoms with E-state index >= 15 is 0 Å². The third-order valence-corrected chi connectivity index (χ3v) is 4.55. The van der Waals surface area contributed by atoms with Crippen LogP contribution in [-0.4, -0.2) is 61.7 Å². The Bertz CT molecular complexity index is 848. The van der Waals surface area contributed by atoms with Crippen LogP contribution in [0.3, 0.4) is 0 Å². The maximum Gasteiger partial charge on any atom is 0.327 e. The molecule has 10 heteroatoms. The predicted molar refractivity (Wildman–Crippen MR) is 99.7 cm³/mol. The molecular weight excluding hydrogens is 398 g/mol. The molecule has 1 aliphatic rings. The van der Waals surface area contributed by atoms with Crippen LogP contribution in [0.25, 0.3) is 0 Å². The summed E-state index contributed by atoms with van der Waals surface area (Å²) in [5, 5.41) is 0.324. The summed E-state index contributed by atoms with van der Waals surface area (Å²) < 4.78 is 15.1. The summed E-state index contributed by atoms with van der Waals surface area (Å²) in [5.41, 5.74) is -2.85. The lowest BCUT2D eigenvalue weighted by Gasteiger charge is -2.40. The Kier molecular flexibility index (Phi) is 7.28. The molecular formula is C20H23NO9. The van der Waals surface area contributed by atoms with Gasteiger partial charge in [0.1, 0.15) is 0 Å². The number of carbonyl (C=O) groups excluding carboxylic acids is 5. The van der Waals surface area contributed by atoms with E-state index in [2.05, 4.69) is 0 Å². The van der Waals surface area contributed by atoms with Crippen LogP contribution in [0, 0.1) is 5.92 Å². The Morgan fingerprint density at radius 3 is 1.97 bits per heavy atom. The van der Waals surface area contributed by atoms with Crippen molar-refractivity contribution in [2.75, 3.05) is 26.9 Å². The molecule has 0 radical (unpaired) electrons. The van der Waals surface area contributed by atoms with E-state index in [-0.39, 0.29) is 30.9 Å². The van der Waals surface area contributed by atoms with Gasteiger partial charge in [0.05, 0.1) is 26.9 Å². The molecule has 162 valence electrons. The quantitative estimate of drug-likeness (QED) is 0.259. The van der Waals surface area contributed by atoms with Crippen molar-refractivity contribution in [1.29, 1.82) is 0 Å². The summed E-state index contributed by atoms with van der Waals surface area (Å²) >= 11 is 0. The molecule has 0 bridgehead atoms. The van der Waals surface area contributed by atoms with Crippen molar-refractivity contribution in [3.05, 3.63) is 35.4 Å². The maximum atomic E-state index is 13.5. The molecule has 2 amide bonds. The van der Waals surface area contributed by atoms with E-state index in [1.54, 1.807) is 0 Å². The second-order valence-electron chi connectivity index (χ2n) is 6.10. The van der Waals surface area contributed by atoms with Crippen LogP contribution in [0.1, 0.15) is 36.7 Å². The number of carbonyl (C=O) groups is 5. The lowest BCUT2D eigenvalue weighted by atomic mass is 9.65. The highest BCUT2D eigenvalue weighted by atomic mass is 16.7. The number of rotatable bonds is 8. The summed E-state index contributed by atoms with van der Waals surface area (Å²) in [4.78, 5) is 70.2. The fourth-order valence-electron chi connectivity index (χ4n) is 3.40. The molecule has 1 aliphatic heterocycles. The average Bonchev–Trinajstić information content (AvgIpc) is 2.72. The van der Waals surface area contributed by atoms with Gasteiger partial charge in [-0.25, -0.2) is 0 Å². The van der Waals surface area contributed by atoms with Crippen LogP contribution < -0.4 is 0 Å². The molecule has 1 heterocycles. The van der Waals surface area contributed by atoms with Crippen LogP contribution in [0.15, 0.2) is 24.3 Å². The van der Waals surface area contributed by atoms with E-state index in [0.717, 1.165) is 7.11 Å². The van der Waals surface area contributed by atoms with Crippen molar-refractivity contribution in [1.82, 2.24) is 5.06 Å². The number of nitrogens with zero attached hydrogens (tertiary/aromatic N) is 1. The average molecular weight is 421 g/mol. The van der Waals surface area contributed by atoms with Crippen LogP contribution >= 0.6 is 0 Å². The van der Waals surface area contributed by atoms with Crippen LogP contribution in [0.4, 0.5) is 0 Å². The third kappa shape index (κ3) is 3.54. The minimum atomic E-state index is -2.57. The van der Waals surface area contributed by atoms with Gasteiger partial charge in [-0.1, -0.05) is 18.2 Å². The second kappa shape index (κ2) is 9.49. The van der Waals surface area contributed by atoms with E-state index in [9.17, 15) is 24.0 Å². The molecule has 1 aromatic rings. The molecule has 0 N–H and O–H groups in total. The first-order chi connectivity index (χ1) is 14.3. The van der Waals surface area contributed by atoms with Crippen LogP contribution in [-0.2, 0) is 43.6 Å². The first kappa shape index (κ1) is 23.0. The molecule has 0 aliphatic carbocycles. The molecule has 1 aromatic carbocycles. The fraction of sp³-hybridized carbons (Fsp3) is 0.450. The van der Waals surface area contributed by atoms with Gasteiger partial charge in [-0.2, -0.15) is 0 Å². The summed E-state index contributed by atoms with van der Waals surface area (Å²) in [6, 6.07) is 5.61. The van der Waals surface area contributed by atoms with Gasteiger partial charge in [-0.3, -0.25) is 28.8 Å². The van der Waals surface area contributed by atoms with Gasteiger partial charge >= 0.3 is 17.9 Å². The molecule has 0 aromatic heterocycles. The largest absolute Gasteiger partial charge is 0.465 e. The number of hydroxylamine groups is 2. The van der Waals surface area contributed by atoms with Gasteiger partial charge in [0, 0.05) is 5.56 Å². The zero-order valence-corrected chi connectivity index (χ0v) is 17.1. The highest BCUT2D eigenvalue weighted by Gasteiger charge is 2.67. The number of ether oxygens (including phenoxy) is 3. The monoisotopic (exact) mass is 421 g/mol. The van der Waals surface area contributed by atoms with Gasteiger partial charge in [0.15, 0.2) is 11.3 Å². The number of amides is 2. The van der Waals surface area contributed by atoms with Gasteiger partial charge in [-0.15, -0.1) is 5.06 Å². The summed E-state index contributed by atoms with van der Waals surface area (Å²) in [7, 11) is 1.05. The van der Waals surface area contributed by atoms with Crippen molar-refractivity contribution >= 4 is 29.7 Å². The van der Waals surface area contributed by atoms with Crippen LogP contribution in [0.5, 0.6) is 0 Å². The molecule has 30 heavy (non-hydrogen) atoms. The minimum Gasteiger partial charge on any atom is -0.465 e. The first-order valence-electron chi connectivity index (χ1n) is 9.35. The van der Waals surface area contributed by atoms with Gasteiger partial charge in [-0.05, 0) is 32.4 Å². The van der Waals surface area contributed by atoms with Crippen molar-refractivity contribution in [3.63, 3.8) is 0 Å². The zero-order chi connectivity index (χ0) is 22.5. The summed E-state index contributed by atoms with van der Waals surface area (Å²) in [5.74, 6) is -7.71. The van der Waals surface area contributed by atoms with E-state index in [0.29, 0.717) is 5.06 Å². The number of fused-ring (bicyclic) bond motifs is 1. The molecule has 1 atom stereocenters. The number of esters is 3. The summed E-state index contributed by atoms with van der Waals surface area (Å²) in [6.07, 6.45) is 0. The molecule has 2 rings (SSSR count). The minimum absolute atomic E-state index is 0.106. The SMILES string of the molecule is CCOC(=O)C(C(=O)OCC)C1(C(=O)OCC)C(=O)N(OC)C(=O)c2ccccc21. The molecule has 0 saturated carbocycles. The fourth-order valence-corrected chi connectivity index (χ4v) is 3.40. The van der Waals surface area contributed by atoms with Crippen molar-refractivity contribution in [2.24, 2.45) is 5.92 Å². The molecule has 10 nitrogen and oxygen atoms in total. The number of hydrogen-bond donors (Lipinski definition) is 0. The van der Waals surface area contributed by atoms with E-state index in [4.69, 9.17) is 19.0 Å².